The molecule has 0 aliphatic carbocycles. The third-order valence-electron chi connectivity index (χ3n) is 2.96. The van der Waals surface area contributed by atoms with Crippen molar-refractivity contribution in [3.8, 4) is 17.0 Å². The van der Waals surface area contributed by atoms with Gasteiger partial charge in [0.1, 0.15) is 11.4 Å². The smallest absolute Gasteiger partial charge is 0.119 e. The zero-order chi connectivity index (χ0) is 12.5. The lowest BCUT2D eigenvalue weighted by Gasteiger charge is -2.03. The van der Waals surface area contributed by atoms with Crippen LogP contribution in [0.25, 0.3) is 22.2 Å². The second-order valence-electron chi connectivity index (χ2n) is 4.07. The summed E-state index contributed by atoms with van der Waals surface area (Å²) in [7, 11) is 1.65. The topological polar surface area (TPSA) is 63.9 Å². The molecule has 1 aromatic heterocycles. The van der Waals surface area contributed by atoms with Gasteiger partial charge in [-0.3, -0.25) is 5.10 Å². The lowest BCUT2D eigenvalue weighted by Crippen LogP contribution is -1.87. The van der Waals surface area contributed by atoms with Crippen LogP contribution in [-0.2, 0) is 0 Å². The Kier molecular flexibility index (Phi) is 2.41. The van der Waals surface area contributed by atoms with Crippen LogP contribution in [0.2, 0.25) is 0 Å². The van der Waals surface area contributed by atoms with Crippen LogP contribution in [0.3, 0.4) is 0 Å². The number of benzene rings is 2. The molecule has 0 spiro atoms. The highest BCUT2D eigenvalue weighted by molar-refractivity contribution is 6.01. The number of methoxy groups -OCH3 is 1. The van der Waals surface area contributed by atoms with Crippen molar-refractivity contribution in [1.29, 1.82) is 0 Å². The van der Waals surface area contributed by atoms with Gasteiger partial charge in [-0.2, -0.15) is 5.10 Å². The fourth-order valence-corrected chi connectivity index (χ4v) is 2.08. The fraction of sp³-hybridized carbons (Fsp3) is 0.0714. The summed E-state index contributed by atoms with van der Waals surface area (Å²) in [5.41, 5.74) is 9.51. The largest absolute Gasteiger partial charge is 0.497 e. The third-order valence-corrected chi connectivity index (χ3v) is 2.96. The maximum absolute atomic E-state index is 6.02. The van der Waals surface area contributed by atoms with Crippen LogP contribution in [0.15, 0.2) is 42.5 Å². The number of H-pyrrole nitrogens is 1. The highest BCUT2D eigenvalue weighted by atomic mass is 16.5. The molecule has 3 aromatic rings. The van der Waals surface area contributed by atoms with Crippen molar-refractivity contribution in [3.05, 3.63) is 42.5 Å². The number of rotatable bonds is 2. The van der Waals surface area contributed by atoms with E-state index in [1.165, 1.54) is 0 Å². The number of nitrogens with one attached hydrogen (secondary N) is 1. The van der Waals surface area contributed by atoms with Gasteiger partial charge < -0.3 is 10.5 Å². The number of ether oxygens (including phenoxy) is 1. The third kappa shape index (κ3) is 1.59. The van der Waals surface area contributed by atoms with E-state index >= 15 is 0 Å². The molecule has 90 valence electrons. The van der Waals surface area contributed by atoms with Crippen LogP contribution in [0, 0.1) is 0 Å². The number of hydrogen-bond donors (Lipinski definition) is 2. The minimum Gasteiger partial charge on any atom is -0.497 e. The summed E-state index contributed by atoms with van der Waals surface area (Å²) in [5, 5.41) is 8.29. The Bertz CT molecular complexity index is 703. The Hall–Kier alpha value is -2.49. The van der Waals surface area contributed by atoms with E-state index < -0.39 is 0 Å². The maximum Gasteiger partial charge on any atom is 0.119 e. The first-order valence-electron chi connectivity index (χ1n) is 5.66. The molecule has 0 amide bonds. The van der Waals surface area contributed by atoms with Gasteiger partial charge in [0, 0.05) is 11.3 Å². The minimum absolute atomic E-state index is 0.721. The molecule has 0 saturated carbocycles. The van der Waals surface area contributed by atoms with Crippen molar-refractivity contribution in [1.82, 2.24) is 10.2 Å². The summed E-state index contributed by atoms with van der Waals surface area (Å²) in [5.74, 6) is 0.804. The van der Waals surface area contributed by atoms with Crippen LogP contribution in [0.4, 0.5) is 5.69 Å². The number of nitrogens with two attached hydrogens (primary N) is 1. The molecule has 0 unspecified atom stereocenters. The van der Waals surface area contributed by atoms with Gasteiger partial charge in [-0.25, -0.2) is 0 Å². The summed E-state index contributed by atoms with van der Waals surface area (Å²) in [6.07, 6.45) is 0. The van der Waals surface area contributed by atoms with Gasteiger partial charge in [0.25, 0.3) is 0 Å². The zero-order valence-electron chi connectivity index (χ0n) is 9.97. The van der Waals surface area contributed by atoms with E-state index in [-0.39, 0.29) is 0 Å². The van der Waals surface area contributed by atoms with Crippen LogP contribution >= 0.6 is 0 Å². The molecule has 0 aliphatic heterocycles. The molecule has 0 saturated heterocycles. The quantitative estimate of drug-likeness (QED) is 0.676. The Labute approximate surface area is 104 Å². The van der Waals surface area contributed by atoms with Gasteiger partial charge in [0.05, 0.1) is 18.0 Å². The standard InChI is InChI=1S/C14H13N3O/c1-18-10-5-2-4-9(8-10)14-13-11(15)6-3-7-12(13)16-17-14/h2-8H,15H2,1H3,(H,16,17). The Morgan fingerprint density at radius 2 is 2.00 bits per heavy atom. The number of nitrogen functional groups attached to an aromatic ring is 1. The summed E-state index contributed by atoms with van der Waals surface area (Å²) >= 11 is 0. The van der Waals surface area contributed by atoms with E-state index in [0.29, 0.717) is 0 Å². The monoisotopic (exact) mass is 239 g/mol. The summed E-state index contributed by atoms with van der Waals surface area (Å²) in [4.78, 5) is 0. The SMILES string of the molecule is COc1cccc(-c2n[nH]c3cccc(N)c23)c1. The first-order chi connectivity index (χ1) is 8.79. The van der Waals surface area contributed by atoms with Gasteiger partial charge in [0.2, 0.25) is 0 Å². The number of aromatic amines is 1. The first-order valence-corrected chi connectivity index (χ1v) is 5.66. The predicted octanol–water partition coefficient (Wildman–Crippen LogP) is 2.82. The molecule has 3 N–H and O–H groups in total. The minimum atomic E-state index is 0.721. The molecule has 0 radical (unpaired) electrons. The van der Waals surface area contributed by atoms with Crippen molar-refractivity contribution < 1.29 is 4.74 Å². The second-order valence-corrected chi connectivity index (χ2v) is 4.07. The van der Waals surface area contributed by atoms with Crippen molar-refractivity contribution in [2.45, 2.75) is 0 Å². The van der Waals surface area contributed by atoms with E-state index in [9.17, 15) is 0 Å². The average Bonchev–Trinajstić information content (AvgIpc) is 2.84. The van der Waals surface area contributed by atoms with Gasteiger partial charge in [-0.05, 0) is 24.3 Å². The number of nitrogens with zero attached hydrogens (tertiary/aromatic N) is 1. The lowest BCUT2D eigenvalue weighted by molar-refractivity contribution is 0.415. The maximum atomic E-state index is 6.02. The highest BCUT2D eigenvalue weighted by Crippen LogP contribution is 2.31. The fourth-order valence-electron chi connectivity index (χ4n) is 2.08. The van der Waals surface area contributed by atoms with Gasteiger partial charge in [0.15, 0.2) is 0 Å². The molecule has 1 heterocycles. The van der Waals surface area contributed by atoms with Crippen molar-refractivity contribution >= 4 is 16.6 Å². The molecule has 2 aromatic carbocycles. The highest BCUT2D eigenvalue weighted by Gasteiger charge is 2.10. The summed E-state index contributed by atoms with van der Waals surface area (Å²) in [6, 6.07) is 13.5. The Balaban J connectivity index is 2.25. The number of anilines is 1. The number of hydrogen-bond acceptors (Lipinski definition) is 3. The Morgan fingerprint density at radius 3 is 2.83 bits per heavy atom. The Morgan fingerprint density at radius 1 is 1.17 bits per heavy atom. The molecule has 4 nitrogen and oxygen atoms in total. The van der Waals surface area contributed by atoms with Crippen LogP contribution in [-0.4, -0.2) is 17.3 Å². The predicted molar refractivity (Wildman–Crippen MR) is 72.5 cm³/mol. The van der Waals surface area contributed by atoms with Crippen LogP contribution < -0.4 is 10.5 Å². The van der Waals surface area contributed by atoms with Gasteiger partial charge >= 0.3 is 0 Å². The molecular formula is C14H13N3O. The van der Waals surface area contributed by atoms with Crippen LogP contribution in [0.5, 0.6) is 5.75 Å². The van der Waals surface area contributed by atoms with Crippen molar-refractivity contribution in [2.75, 3.05) is 12.8 Å². The molecule has 0 atom stereocenters. The average molecular weight is 239 g/mol. The second kappa shape index (κ2) is 4.07. The molecule has 18 heavy (non-hydrogen) atoms. The van der Waals surface area contributed by atoms with E-state index in [0.717, 1.165) is 33.6 Å². The van der Waals surface area contributed by atoms with Crippen molar-refractivity contribution in [3.63, 3.8) is 0 Å². The molecule has 4 heteroatoms. The van der Waals surface area contributed by atoms with E-state index in [1.807, 2.05) is 42.5 Å². The first kappa shape index (κ1) is 10.7. The van der Waals surface area contributed by atoms with E-state index in [2.05, 4.69) is 10.2 Å². The molecule has 3 rings (SSSR count). The summed E-state index contributed by atoms with van der Waals surface area (Å²) in [6.45, 7) is 0. The molecule has 0 aliphatic rings. The lowest BCUT2D eigenvalue weighted by atomic mass is 10.1. The normalized spacial score (nSPS) is 10.7. The number of fused-ring (bicyclic) bond motifs is 1. The van der Waals surface area contributed by atoms with Crippen LogP contribution in [0.1, 0.15) is 0 Å². The van der Waals surface area contributed by atoms with Crippen molar-refractivity contribution in [2.24, 2.45) is 0 Å². The van der Waals surface area contributed by atoms with E-state index in [4.69, 9.17) is 10.5 Å². The number of aromatic nitrogens is 2. The summed E-state index contributed by atoms with van der Waals surface area (Å²) < 4.78 is 5.23. The zero-order valence-corrected chi connectivity index (χ0v) is 9.97. The molecule has 0 fully saturated rings. The van der Waals surface area contributed by atoms with E-state index in [1.54, 1.807) is 7.11 Å². The molecular weight excluding hydrogens is 226 g/mol. The van der Waals surface area contributed by atoms with Gasteiger partial charge in [-0.1, -0.05) is 18.2 Å². The van der Waals surface area contributed by atoms with Gasteiger partial charge in [-0.15, -0.1) is 0 Å². The molecule has 0 bridgehead atoms.